The monoisotopic (exact) mass is 416 g/mol. The van der Waals surface area contributed by atoms with E-state index in [0.717, 1.165) is 12.0 Å². The molecule has 1 fully saturated rings. The summed E-state index contributed by atoms with van der Waals surface area (Å²) < 4.78 is 5.83. The first-order valence-corrected chi connectivity index (χ1v) is 9.90. The number of benzene rings is 1. The number of esters is 1. The lowest BCUT2D eigenvalue weighted by Gasteiger charge is -2.38. The van der Waals surface area contributed by atoms with Crippen molar-refractivity contribution in [3.05, 3.63) is 27.7 Å². The molecule has 1 aliphatic carbocycles. The summed E-state index contributed by atoms with van der Waals surface area (Å²) in [6, 6.07) is 3.52. The Bertz CT molecular complexity index is 574. The van der Waals surface area contributed by atoms with Gasteiger partial charge in [-0.2, -0.15) is 0 Å². The molecule has 1 saturated carbocycles. The van der Waals surface area contributed by atoms with Gasteiger partial charge in [-0.05, 0) is 52.9 Å². The lowest BCUT2D eigenvalue weighted by Crippen LogP contribution is -2.45. The predicted octanol–water partition coefficient (Wildman–Crippen LogP) is 4.63. The fraction of sp³-hybridized carbons (Fsp3) is 0.611. The van der Waals surface area contributed by atoms with E-state index in [1.807, 2.05) is 6.07 Å². The molecule has 2 rings (SSSR count). The molecule has 0 aromatic heterocycles. The summed E-state index contributed by atoms with van der Waals surface area (Å²) in [6.45, 7) is 3.08. The van der Waals surface area contributed by atoms with Gasteiger partial charge in [0, 0.05) is 16.6 Å². The van der Waals surface area contributed by atoms with Gasteiger partial charge in [0.2, 0.25) is 0 Å². The molecule has 1 aliphatic rings. The zero-order valence-electron chi connectivity index (χ0n) is 14.2. The van der Waals surface area contributed by atoms with E-state index >= 15 is 0 Å². The quantitative estimate of drug-likeness (QED) is 0.386. The van der Waals surface area contributed by atoms with Gasteiger partial charge in [-0.25, -0.2) is 4.79 Å². The molecular weight excluding hydrogens is 392 g/mol. The Morgan fingerprint density at radius 1 is 1.38 bits per heavy atom. The maximum atomic E-state index is 12.1. The van der Waals surface area contributed by atoms with Crippen LogP contribution in [-0.2, 0) is 11.3 Å². The molecule has 1 aromatic carbocycles. The van der Waals surface area contributed by atoms with Gasteiger partial charge in [0.1, 0.15) is 6.61 Å². The minimum Gasteiger partial charge on any atom is -0.461 e. The lowest BCUT2D eigenvalue weighted by atomic mass is 9.79. The first kappa shape index (κ1) is 19.5. The Labute approximate surface area is 157 Å². The highest BCUT2D eigenvalue weighted by atomic mass is 79.9. The van der Waals surface area contributed by atoms with E-state index in [1.165, 1.54) is 32.1 Å². The normalized spacial score (nSPS) is 16.8. The smallest absolute Gasteiger partial charge is 0.338 e. The molecule has 134 valence electrons. The number of rotatable bonds is 7. The molecule has 0 unspecified atom stereocenters. The molecule has 4 nitrogen and oxygen atoms in total. The van der Waals surface area contributed by atoms with E-state index in [0.29, 0.717) is 22.3 Å². The molecule has 0 atom stereocenters. The van der Waals surface area contributed by atoms with Crippen LogP contribution < -0.4 is 11.1 Å². The van der Waals surface area contributed by atoms with E-state index in [9.17, 15) is 4.79 Å². The van der Waals surface area contributed by atoms with Crippen LogP contribution in [0.2, 0.25) is 0 Å². The SMILES string of the molecule is CCC1(NCc2cc(C(=O)OCCCl)cc(Br)c2N)CCCCC1. The van der Waals surface area contributed by atoms with Crippen LogP contribution in [0.25, 0.3) is 0 Å². The van der Waals surface area contributed by atoms with Crippen molar-refractivity contribution in [3.8, 4) is 0 Å². The summed E-state index contributed by atoms with van der Waals surface area (Å²) in [5.74, 6) is -0.0875. The predicted molar refractivity (Wildman–Crippen MR) is 103 cm³/mol. The molecule has 24 heavy (non-hydrogen) atoms. The van der Waals surface area contributed by atoms with Crippen molar-refractivity contribution in [3.63, 3.8) is 0 Å². The fourth-order valence-corrected chi connectivity index (χ4v) is 3.90. The summed E-state index contributed by atoms with van der Waals surface area (Å²) in [7, 11) is 0. The Morgan fingerprint density at radius 2 is 2.08 bits per heavy atom. The Hall–Kier alpha value is -0.780. The van der Waals surface area contributed by atoms with E-state index in [2.05, 4.69) is 28.2 Å². The molecule has 0 saturated heterocycles. The van der Waals surface area contributed by atoms with Gasteiger partial charge in [0.15, 0.2) is 0 Å². The fourth-order valence-electron chi connectivity index (χ4n) is 3.32. The van der Waals surface area contributed by atoms with Gasteiger partial charge in [-0.3, -0.25) is 0 Å². The van der Waals surface area contributed by atoms with Crippen molar-refractivity contribution in [2.24, 2.45) is 0 Å². The Morgan fingerprint density at radius 3 is 2.71 bits per heavy atom. The molecule has 6 heteroatoms. The average Bonchev–Trinajstić information content (AvgIpc) is 2.61. The van der Waals surface area contributed by atoms with E-state index in [-0.39, 0.29) is 24.0 Å². The number of nitrogen functional groups attached to an aromatic ring is 1. The number of nitrogens with two attached hydrogens (primary N) is 1. The summed E-state index contributed by atoms with van der Waals surface area (Å²) >= 11 is 9.01. The standard InChI is InChI=1S/C18H26BrClN2O2/c1-2-18(6-4-3-5-7-18)22-12-14-10-13(11-15(19)16(14)21)17(23)24-9-8-20/h10-11,22H,2-9,12,21H2,1H3. The third kappa shape index (κ3) is 4.87. The van der Waals surface area contributed by atoms with Crippen molar-refractivity contribution in [2.75, 3.05) is 18.2 Å². The van der Waals surface area contributed by atoms with E-state index < -0.39 is 0 Å². The number of anilines is 1. The van der Waals surface area contributed by atoms with E-state index in [1.54, 1.807) is 6.07 Å². The third-order valence-electron chi connectivity index (χ3n) is 4.90. The van der Waals surface area contributed by atoms with Gasteiger partial charge in [-0.15, -0.1) is 11.6 Å². The Kier molecular flexibility index (Phi) is 7.38. The minimum absolute atomic E-state index is 0.187. The summed E-state index contributed by atoms with van der Waals surface area (Å²) in [4.78, 5) is 12.1. The number of halogens is 2. The largest absolute Gasteiger partial charge is 0.461 e. The summed E-state index contributed by atoms with van der Waals surface area (Å²) in [6.07, 6.45) is 7.35. The molecule has 0 amide bonds. The highest BCUT2D eigenvalue weighted by Crippen LogP contribution is 2.32. The number of hydrogen-bond donors (Lipinski definition) is 2. The number of carbonyl (C=O) groups is 1. The number of alkyl halides is 1. The number of ether oxygens (including phenoxy) is 1. The van der Waals surface area contributed by atoms with E-state index in [4.69, 9.17) is 22.1 Å². The maximum Gasteiger partial charge on any atom is 0.338 e. The molecular formula is C18H26BrClN2O2. The van der Waals surface area contributed by atoms with Crippen LogP contribution in [0.4, 0.5) is 5.69 Å². The minimum atomic E-state index is -0.375. The number of nitrogens with one attached hydrogen (secondary N) is 1. The van der Waals surface area contributed by atoms with Crippen molar-refractivity contribution < 1.29 is 9.53 Å². The highest BCUT2D eigenvalue weighted by Gasteiger charge is 2.29. The van der Waals surface area contributed by atoms with Crippen LogP contribution in [0.5, 0.6) is 0 Å². The maximum absolute atomic E-state index is 12.1. The first-order valence-electron chi connectivity index (χ1n) is 8.57. The van der Waals surface area contributed by atoms with Crippen molar-refractivity contribution in [1.29, 1.82) is 0 Å². The van der Waals surface area contributed by atoms with Gasteiger partial charge in [0.25, 0.3) is 0 Å². The second-order valence-electron chi connectivity index (χ2n) is 6.40. The van der Waals surface area contributed by atoms with Crippen LogP contribution in [0.15, 0.2) is 16.6 Å². The molecule has 3 N–H and O–H groups in total. The first-order chi connectivity index (χ1) is 11.5. The molecule has 0 radical (unpaired) electrons. The van der Waals surface area contributed by atoms with Gasteiger partial charge in [-0.1, -0.05) is 26.2 Å². The highest BCUT2D eigenvalue weighted by molar-refractivity contribution is 9.10. The number of hydrogen-bond acceptors (Lipinski definition) is 4. The van der Waals surface area contributed by atoms with Crippen LogP contribution in [0, 0.1) is 0 Å². The molecule has 0 spiro atoms. The van der Waals surface area contributed by atoms with Crippen LogP contribution >= 0.6 is 27.5 Å². The zero-order chi connectivity index (χ0) is 17.6. The van der Waals surface area contributed by atoms with Gasteiger partial charge >= 0.3 is 5.97 Å². The summed E-state index contributed by atoms with van der Waals surface area (Å²) in [5.41, 5.74) is 8.45. The topological polar surface area (TPSA) is 64.3 Å². The molecule has 0 heterocycles. The average molecular weight is 418 g/mol. The van der Waals surface area contributed by atoms with Gasteiger partial charge < -0.3 is 15.8 Å². The van der Waals surface area contributed by atoms with Crippen molar-refractivity contribution in [2.45, 2.75) is 57.5 Å². The van der Waals surface area contributed by atoms with Crippen molar-refractivity contribution >= 4 is 39.2 Å². The molecule has 0 aliphatic heterocycles. The lowest BCUT2D eigenvalue weighted by molar-refractivity contribution is 0.0529. The number of carbonyl (C=O) groups excluding carboxylic acids is 1. The second-order valence-corrected chi connectivity index (χ2v) is 7.64. The van der Waals surface area contributed by atoms with Crippen LogP contribution in [0.3, 0.4) is 0 Å². The van der Waals surface area contributed by atoms with Crippen LogP contribution in [-0.4, -0.2) is 24.0 Å². The second kappa shape index (κ2) is 9.07. The molecule has 0 bridgehead atoms. The van der Waals surface area contributed by atoms with Crippen LogP contribution in [0.1, 0.15) is 61.4 Å². The summed E-state index contributed by atoms with van der Waals surface area (Å²) in [5, 5.41) is 3.70. The zero-order valence-corrected chi connectivity index (χ0v) is 16.5. The third-order valence-corrected chi connectivity index (χ3v) is 5.71. The Balaban J connectivity index is 2.13. The van der Waals surface area contributed by atoms with Crippen molar-refractivity contribution in [1.82, 2.24) is 5.32 Å². The van der Waals surface area contributed by atoms with Gasteiger partial charge in [0.05, 0.1) is 17.1 Å². The molecule has 1 aromatic rings.